The first-order valence-corrected chi connectivity index (χ1v) is 9.84. The van der Waals surface area contributed by atoms with E-state index in [0.717, 1.165) is 27.8 Å². The molecular weight excluding hydrogens is 378 g/mol. The van der Waals surface area contributed by atoms with Crippen molar-refractivity contribution in [3.05, 3.63) is 95.6 Å². The summed E-state index contributed by atoms with van der Waals surface area (Å²) < 4.78 is 4.84. The Morgan fingerprint density at radius 2 is 1.37 bits per heavy atom. The molecule has 4 rings (SSSR count). The fraction of sp³-hybridized carbons (Fsp3) is 0.200. The van der Waals surface area contributed by atoms with Crippen LogP contribution in [0.5, 0.6) is 0 Å². The van der Waals surface area contributed by atoms with Gasteiger partial charge >= 0.3 is 11.9 Å². The van der Waals surface area contributed by atoms with Gasteiger partial charge in [-0.25, -0.2) is 0 Å². The highest BCUT2D eigenvalue weighted by molar-refractivity contribution is 5.86. The summed E-state index contributed by atoms with van der Waals surface area (Å²) in [7, 11) is 1.27. The van der Waals surface area contributed by atoms with Crippen molar-refractivity contribution in [2.75, 3.05) is 7.11 Å². The van der Waals surface area contributed by atoms with Crippen LogP contribution < -0.4 is 5.32 Å². The van der Waals surface area contributed by atoms with E-state index in [2.05, 4.69) is 5.32 Å². The number of carbonyl (C=O) groups excluding carboxylic acids is 1. The van der Waals surface area contributed by atoms with E-state index in [4.69, 9.17) is 4.74 Å². The van der Waals surface area contributed by atoms with E-state index in [-0.39, 0.29) is 0 Å². The van der Waals surface area contributed by atoms with Gasteiger partial charge < -0.3 is 9.84 Å². The van der Waals surface area contributed by atoms with Crippen LogP contribution in [-0.2, 0) is 19.9 Å². The number of hydrogen-bond donors (Lipinski definition) is 2. The van der Waals surface area contributed by atoms with E-state index in [9.17, 15) is 14.7 Å². The van der Waals surface area contributed by atoms with E-state index in [0.29, 0.717) is 0 Å². The minimum Gasteiger partial charge on any atom is -0.480 e. The maximum absolute atomic E-state index is 12.3. The molecule has 30 heavy (non-hydrogen) atoms. The van der Waals surface area contributed by atoms with Crippen LogP contribution in [0.4, 0.5) is 0 Å². The Morgan fingerprint density at radius 1 is 0.867 bits per heavy atom. The van der Waals surface area contributed by atoms with Crippen molar-refractivity contribution in [2.45, 2.75) is 18.5 Å². The number of esters is 1. The van der Waals surface area contributed by atoms with Crippen LogP contribution in [-0.4, -0.2) is 30.2 Å². The summed E-state index contributed by atoms with van der Waals surface area (Å²) in [5, 5.41) is 13.4. The molecule has 5 nitrogen and oxygen atoms in total. The van der Waals surface area contributed by atoms with Crippen molar-refractivity contribution >= 4 is 11.9 Å². The SMILES string of the molecule is COC(=O)C(C)C(NC1(c2ccccc2)c2ccccc2-c2ccccc21)C(=O)O. The van der Waals surface area contributed by atoms with Crippen LogP contribution in [0.2, 0.25) is 0 Å². The second-order valence-corrected chi connectivity index (χ2v) is 7.48. The molecule has 0 aliphatic heterocycles. The average Bonchev–Trinajstić information content (AvgIpc) is 3.08. The monoisotopic (exact) mass is 401 g/mol. The van der Waals surface area contributed by atoms with Crippen LogP contribution >= 0.6 is 0 Å². The fourth-order valence-electron chi connectivity index (χ4n) is 4.43. The van der Waals surface area contributed by atoms with Gasteiger partial charge in [-0.2, -0.15) is 0 Å². The third kappa shape index (κ3) is 2.99. The highest BCUT2D eigenvalue weighted by Crippen LogP contribution is 2.51. The molecule has 1 aliphatic carbocycles. The van der Waals surface area contributed by atoms with Gasteiger partial charge in [0, 0.05) is 0 Å². The number of carbonyl (C=O) groups is 2. The first-order chi connectivity index (χ1) is 14.5. The van der Waals surface area contributed by atoms with Crippen molar-refractivity contribution in [1.82, 2.24) is 5.32 Å². The second-order valence-electron chi connectivity index (χ2n) is 7.48. The predicted octanol–water partition coefficient (Wildman–Crippen LogP) is 3.81. The third-order valence-corrected chi connectivity index (χ3v) is 5.87. The fourth-order valence-corrected chi connectivity index (χ4v) is 4.43. The Hall–Kier alpha value is -3.44. The Bertz CT molecular complexity index is 1050. The smallest absolute Gasteiger partial charge is 0.321 e. The summed E-state index contributed by atoms with van der Waals surface area (Å²) in [6.07, 6.45) is 0. The zero-order valence-electron chi connectivity index (χ0n) is 16.8. The van der Waals surface area contributed by atoms with Crippen molar-refractivity contribution in [2.24, 2.45) is 5.92 Å². The molecule has 0 bridgehead atoms. The molecule has 152 valence electrons. The Balaban J connectivity index is 1.99. The quantitative estimate of drug-likeness (QED) is 0.615. The highest BCUT2D eigenvalue weighted by Gasteiger charge is 2.48. The van der Waals surface area contributed by atoms with E-state index < -0.39 is 29.4 Å². The zero-order valence-corrected chi connectivity index (χ0v) is 16.8. The Labute approximate surface area is 175 Å². The number of ether oxygens (including phenoxy) is 1. The maximum Gasteiger partial charge on any atom is 0.321 e. The summed E-state index contributed by atoms with van der Waals surface area (Å²) in [5.74, 6) is -2.56. The summed E-state index contributed by atoms with van der Waals surface area (Å²) in [6, 6.07) is 24.5. The summed E-state index contributed by atoms with van der Waals surface area (Å²) in [5.41, 5.74) is 3.99. The third-order valence-electron chi connectivity index (χ3n) is 5.87. The van der Waals surface area contributed by atoms with Gasteiger partial charge in [-0.3, -0.25) is 14.9 Å². The van der Waals surface area contributed by atoms with Crippen LogP contribution in [0.15, 0.2) is 78.9 Å². The molecule has 3 aromatic rings. The molecule has 0 aromatic heterocycles. The standard InChI is InChI=1S/C25H23NO4/c1-16(24(29)30-2)22(23(27)28)26-25(17-10-4-3-5-11-17)20-14-8-6-12-18(20)19-13-7-9-15-21(19)25/h3-16,22,26H,1-2H3,(H,27,28). The summed E-state index contributed by atoms with van der Waals surface area (Å²) in [6.45, 7) is 1.57. The molecule has 2 N–H and O–H groups in total. The van der Waals surface area contributed by atoms with Gasteiger partial charge in [-0.15, -0.1) is 0 Å². The first kappa shape index (κ1) is 19.9. The van der Waals surface area contributed by atoms with Gasteiger partial charge in [-0.1, -0.05) is 78.9 Å². The lowest BCUT2D eigenvalue weighted by atomic mass is 9.79. The molecule has 1 aliphatic rings. The topological polar surface area (TPSA) is 75.6 Å². The van der Waals surface area contributed by atoms with Crippen molar-refractivity contribution in [1.29, 1.82) is 0 Å². The number of carboxylic acids is 1. The van der Waals surface area contributed by atoms with E-state index in [1.807, 2.05) is 78.9 Å². The Morgan fingerprint density at radius 3 is 1.87 bits per heavy atom. The average molecular weight is 401 g/mol. The normalized spacial score (nSPS) is 15.5. The number of methoxy groups -OCH3 is 1. The van der Waals surface area contributed by atoms with Gasteiger partial charge in [0.25, 0.3) is 0 Å². The highest BCUT2D eigenvalue weighted by atomic mass is 16.5. The van der Waals surface area contributed by atoms with E-state index in [1.54, 1.807) is 6.92 Å². The molecule has 0 saturated carbocycles. The predicted molar refractivity (Wildman–Crippen MR) is 114 cm³/mol. The van der Waals surface area contributed by atoms with E-state index in [1.165, 1.54) is 7.11 Å². The molecule has 0 heterocycles. The lowest BCUT2D eigenvalue weighted by Gasteiger charge is -2.37. The van der Waals surface area contributed by atoms with Gasteiger partial charge in [0.1, 0.15) is 6.04 Å². The lowest BCUT2D eigenvalue weighted by Crippen LogP contribution is -2.55. The molecule has 2 atom stereocenters. The zero-order chi connectivity index (χ0) is 21.3. The molecule has 3 aromatic carbocycles. The Kier molecular flexibility index (Phi) is 5.14. The van der Waals surface area contributed by atoms with Crippen molar-refractivity contribution in [3.8, 4) is 11.1 Å². The number of carboxylic acid groups (broad SMARTS) is 1. The largest absolute Gasteiger partial charge is 0.480 e. The minimum absolute atomic E-state index is 0.572. The summed E-state index contributed by atoms with van der Waals surface area (Å²) in [4.78, 5) is 24.5. The maximum atomic E-state index is 12.3. The molecule has 0 radical (unpaired) electrons. The van der Waals surface area contributed by atoms with E-state index >= 15 is 0 Å². The second kappa shape index (κ2) is 7.76. The molecule has 0 spiro atoms. The van der Waals surface area contributed by atoms with Gasteiger partial charge in [-0.05, 0) is 34.7 Å². The number of nitrogens with one attached hydrogen (secondary N) is 1. The number of aliphatic carboxylic acids is 1. The first-order valence-electron chi connectivity index (χ1n) is 9.84. The molecular formula is C25H23NO4. The van der Waals surface area contributed by atoms with Crippen LogP contribution in [0.25, 0.3) is 11.1 Å². The number of benzene rings is 3. The molecule has 0 amide bonds. The summed E-state index contributed by atoms with van der Waals surface area (Å²) >= 11 is 0. The van der Waals surface area contributed by atoms with Gasteiger partial charge in [0.2, 0.25) is 0 Å². The van der Waals surface area contributed by atoms with Crippen molar-refractivity contribution < 1.29 is 19.4 Å². The molecule has 2 unspecified atom stereocenters. The molecule has 0 saturated heterocycles. The van der Waals surface area contributed by atoms with Crippen molar-refractivity contribution in [3.63, 3.8) is 0 Å². The van der Waals surface area contributed by atoms with Gasteiger partial charge in [0.15, 0.2) is 0 Å². The van der Waals surface area contributed by atoms with Crippen LogP contribution in [0.3, 0.4) is 0 Å². The molecule has 0 fully saturated rings. The minimum atomic E-state index is -1.16. The lowest BCUT2D eigenvalue weighted by molar-refractivity contribution is -0.152. The molecule has 5 heteroatoms. The number of hydrogen-bond acceptors (Lipinski definition) is 4. The number of rotatable bonds is 6. The van der Waals surface area contributed by atoms with Crippen LogP contribution in [0, 0.1) is 5.92 Å². The van der Waals surface area contributed by atoms with Crippen LogP contribution in [0.1, 0.15) is 23.6 Å². The van der Waals surface area contributed by atoms with Gasteiger partial charge in [0.05, 0.1) is 18.6 Å². The number of fused-ring (bicyclic) bond motifs is 3.